The van der Waals surface area contributed by atoms with Crippen molar-refractivity contribution in [1.29, 1.82) is 0 Å². The van der Waals surface area contributed by atoms with Gasteiger partial charge in [0.15, 0.2) is 0 Å². The maximum Gasteiger partial charge on any atom is 0.306 e. The Morgan fingerprint density at radius 2 is 0.744 bits per heavy atom. The second-order valence-electron chi connectivity index (χ2n) is 25.4. The Kier molecular flexibility index (Phi) is 60.5. The van der Waals surface area contributed by atoms with E-state index in [1.807, 2.05) is 33.3 Å². The molecule has 0 rings (SSSR count). The number of phosphoric ester groups is 1. The summed E-state index contributed by atoms with van der Waals surface area (Å²) in [4.78, 5) is 40.1. The third kappa shape index (κ3) is 62.5. The Bertz CT molecular complexity index is 1540. The number of amides is 1. The molecule has 0 aromatic carbocycles. The summed E-state index contributed by atoms with van der Waals surface area (Å²) in [5.74, 6) is -0.551. The Morgan fingerprint density at radius 3 is 1.13 bits per heavy atom. The topological polar surface area (TPSA) is 114 Å². The summed E-state index contributed by atoms with van der Waals surface area (Å²) >= 11 is 0. The molecule has 10 heteroatoms. The molecule has 0 aromatic heterocycles. The first-order valence-electron chi connectivity index (χ1n) is 35.4. The molecule has 9 nitrogen and oxygen atoms in total. The van der Waals surface area contributed by atoms with Crippen molar-refractivity contribution in [2.45, 2.75) is 360 Å². The predicted octanol–water partition coefficient (Wildman–Crippen LogP) is 21.8. The largest absolute Gasteiger partial charge is 0.756 e. The molecule has 482 valence electrons. The van der Waals surface area contributed by atoms with Crippen LogP contribution in [-0.2, 0) is 27.9 Å². The van der Waals surface area contributed by atoms with E-state index in [1.54, 1.807) is 0 Å². The maximum absolute atomic E-state index is 13.6. The highest BCUT2D eigenvalue weighted by molar-refractivity contribution is 7.45. The number of ether oxygens (including phenoxy) is 1. The van der Waals surface area contributed by atoms with E-state index in [4.69, 9.17) is 13.8 Å². The molecule has 1 N–H and O–H groups in total. The number of nitrogens with zero attached hydrogens (tertiary/aromatic N) is 1. The van der Waals surface area contributed by atoms with Gasteiger partial charge in [-0.15, -0.1) is 0 Å². The van der Waals surface area contributed by atoms with Crippen LogP contribution in [-0.4, -0.2) is 69.4 Å². The molecule has 82 heavy (non-hydrogen) atoms. The van der Waals surface area contributed by atoms with Crippen molar-refractivity contribution >= 4 is 19.7 Å². The minimum atomic E-state index is -4.71. The smallest absolute Gasteiger partial charge is 0.306 e. The minimum Gasteiger partial charge on any atom is -0.756 e. The van der Waals surface area contributed by atoms with E-state index in [9.17, 15) is 19.0 Å². The van der Waals surface area contributed by atoms with Crippen LogP contribution in [0.15, 0.2) is 48.6 Å². The molecule has 3 atom stereocenters. The summed E-state index contributed by atoms with van der Waals surface area (Å²) in [5, 5.41) is 3.03. The SMILES string of the molecule is CCCCC/C=C\C/C=C\C/C=C\CCCCCCC(=O)NC(COP(=O)([O-])OCC[N+](C)(C)C)C(/C=C\CCCCCCCCCCCC)OC(=O)CCCCCCCCCCCCCCCCCCCCCCCCCCCCC. The lowest BCUT2D eigenvalue weighted by molar-refractivity contribution is -0.870. The standard InChI is InChI=1S/C72H137N2O7P/c1-7-10-13-16-19-22-25-28-30-32-33-34-35-36-37-38-39-40-41-43-45-47-50-53-56-59-62-65-72(76)81-70(63-60-57-54-51-48-27-24-21-18-15-12-9-3)69(68-80-82(77,78)79-67-66-74(4,5)6)73-71(75)64-61-58-55-52-49-46-44-42-31-29-26-23-20-17-14-11-8-2/h20,23,29,31,44,46,60,63,69-70H,7-19,21-22,24-28,30,32-43,45,47-59,61-62,64-68H2,1-6H3,(H-,73,75,77,78)/b23-20-,31-29-,46-44-,63-60-. The van der Waals surface area contributed by atoms with E-state index in [0.29, 0.717) is 23.9 Å². The lowest BCUT2D eigenvalue weighted by atomic mass is 10.0. The monoisotopic (exact) mass is 1170 g/mol. The summed E-state index contributed by atoms with van der Waals surface area (Å²) in [6.07, 6.45) is 78.2. The van der Waals surface area contributed by atoms with Gasteiger partial charge in [0.05, 0.1) is 33.8 Å². The van der Waals surface area contributed by atoms with E-state index in [-0.39, 0.29) is 24.9 Å². The van der Waals surface area contributed by atoms with Crippen LogP contribution in [0.5, 0.6) is 0 Å². The van der Waals surface area contributed by atoms with Crippen molar-refractivity contribution in [2.75, 3.05) is 40.9 Å². The first kappa shape index (κ1) is 80.0. The summed E-state index contributed by atoms with van der Waals surface area (Å²) in [6, 6.07) is -0.899. The molecule has 1 amide bonds. The summed E-state index contributed by atoms with van der Waals surface area (Å²) in [6.45, 7) is 6.84. The highest BCUT2D eigenvalue weighted by atomic mass is 31.2. The molecule has 0 fully saturated rings. The normalized spacial score (nSPS) is 13.8. The van der Waals surface area contributed by atoms with Crippen LogP contribution in [0.2, 0.25) is 0 Å². The number of nitrogens with one attached hydrogen (secondary N) is 1. The van der Waals surface area contributed by atoms with Gasteiger partial charge in [0.2, 0.25) is 5.91 Å². The molecule has 0 heterocycles. The maximum atomic E-state index is 13.6. The second-order valence-corrected chi connectivity index (χ2v) is 26.8. The average molecular weight is 1170 g/mol. The van der Waals surface area contributed by atoms with Gasteiger partial charge in [-0.25, -0.2) is 0 Å². The minimum absolute atomic E-state index is 0.0257. The number of unbranched alkanes of at least 4 members (excludes halogenated alkanes) is 43. The van der Waals surface area contributed by atoms with E-state index < -0.39 is 26.6 Å². The molecule has 0 spiro atoms. The van der Waals surface area contributed by atoms with Crippen LogP contribution in [0.3, 0.4) is 0 Å². The zero-order chi connectivity index (χ0) is 60.0. The number of hydrogen-bond donors (Lipinski definition) is 1. The van der Waals surface area contributed by atoms with Crippen molar-refractivity contribution in [3.05, 3.63) is 48.6 Å². The fourth-order valence-corrected chi connectivity index (χ4v) is 11.3. The Balaban J connectivity index is 5.01. The summed E-state index contributed by atoms with van der Waals surface area (Å²) in [5.41, 5.74) is 0. The van der Waals surface area contributed by atoms with Crippen LogP contribution in [0.4, 0.5) is 0 Å². The highest BCUT2D eigenvalue weighted by Crippen LogP contribution is 2.38. The van der Waals surface area contributed by atoms with Gasteiger partial charge in [0.1, 0.15) is 19.3 Å². The number of carbonyl (C=O) groups is 2. The number of hydrogen-bond acceptors (Lipinski definition) is 7. The van der Waals surface area contributed by atoms with Gasteiger partial charge in [-0.1, -0.05) is 314 Å². The van der Waals surface area contributed by atoms with E-state index in [2.05, 4.69) is 62.5 Å². The number of quaternary nitrogens is 1. The summed E-state index contributed by atoms with van der Waals surface area (Å²) in [7, 11) is 1.18. The third-order valence-corrected chi connectivity index (χ3v) is 17.0. The van der Waals surface area contributed by atoms with Gasteiger partial charge in [-0.2, -0.15) is 0 Å². The molecule has 0 saturated carbocycles. The Hall–Kier alpha value is -2.03. The molecule has 0 radical (unpaired) electrons. The van der Waals surface area contributed by atoms with Gasteiger partial charge < -0.3 is 28.5 Å². The Morgan fingerprint density at radius 1 is 0.427 bits per heavy atom. The number of carbonyl (C=O) groups excluding carboxylic acids is 2. The molecule has 0 aromatic rings. The lowest BCUT2D eigenvalue weighted by Crippen LogP contribution is -2.47. The van der Waals surface area contributed by atoms with Crippen molar-refractivity contribution in [3.8, 4) is 0 Å². The lowest BCUT2D eigenvalue weighted by Gasteiger charge is -2.30. The van der Waals surface area contributed by atoms with Crippen LogP contribution in [0, 0.1) is 0 Å². The zero-order valence-electron chi connectivity index (χ0n) is 55.2. The van der Waals surface area contributed by atoms with Crippen molar-refractivity contribution < 1.29 is 37.3 Å². The molecule has 0 aliphatic rings. The quantitative estimate of drug-likeness (QED) is 0.0212. The molecular formula is C72H137N2O7P. The van der Waals surface area contributed by atoms with E-state index in [1.165, 1.54) is 231 Å². The molecule has 0 aliphatic heterocycles. The molecule has 0 saturated heterocycles. The predicted molar refractivity (Wildman–Crippen MR) is 353 cm³/mol. The van der Waals surface area contributed by atoms with Crippen molar-refractivity contribution in [3.63, 3.8) is 0 Å². The third-order valence-electron chi connectivity index (χ3n) is 16.0. The second kappa shape index (κ2) is 62.0. The number of esters is 1. The number of phosphoric acid groups is 1. The van der Waals surface area contributed by atoms with Crippen molar-refractivity contribution in [1.82, 2.24) is 5.32 Å². The van der Waals surface area contributed by atoms with Gasteiger partial charge in [-0.05, 0) is 70.3 Å². The first-order valence-corrected chi connectivity index (χ1v) is 36.9. The number of allylic oxidation sites excluding steroid dienone is 7. The molecular weight excluding hydrogens is 1040 g/mol. The van der Waals surface area contributed by atoms with Crippen LogP contribution in [0.1, 0.15) is 348 Å². The van der Waals surface area contributed by atoms with Gasteiger partial charge >= 0.3 is 5.97 Å². The fourth-order valence-electron chi connectivity index (χ4n) is 10.5. The first-order chi connectivity index (χ1) is 39.9. The highest BCUT2D eigenvalue weighted by Gasteiger charge is 2.27. The van der Waals surface area contributed by atoms with E-state index >= 15 is 0 Å². The van der Waals surface area contributed by atoms with Gasteiger partial charge in [0.25, 0.3) is 7.82 Å². The molecule has 0 aliphatic carbocycles. The van der Waals surface area contributed by atoms with E-state index in [0.717, 1.165) is 77.0 Å². The average Bonchev–Trinajstić information content (AvgIpc) is 3.44. The van der Waals surface area contributed by atoms with Gasteiger partial charge in [-0.3, -0.25) is 14.2 Å². The number of rotatable bonds is 65. The molecule has 0 bridgehead atoms. The van der Waals surface area contributed by atoms with Crippen LogP contribution >= 0.6 is 7.82 Å². The number of likely N-dealkylation sites (N-methyl/N-ethyl adjacent to an activating group) is 1. The van der Waals surface area contributed by atoms with Crippen LogP contribution in [0.25, 0.3) is 0 Å². The van der Waals surface area contributed by atoms with Gasteiger partial charge in [0, 0.05) is 12.8 Å². The summed E-state index contributed by atoms with van der Waals surface area (Å²) < 4.78 is 30.4. The van der Waals surface area contributed by atoms with Crippen molar-refractivity contribution in [2.24, 2.45) is 0 Å². The Labute approximate surface area is 509 Å². The van der Waals surface area contributed by atoms with Crippen LogP contribution < -0.4 is 10.2 Å². The zero-order valence-corrected chi connectivity index (χ0v) is 56.1. The fraction of sp³-hybridized carbons (Fsp3) is 0.861. The molecule has 3 unspecified atom stereocenters.